The number of nitrogens with one attached hydrogen (secondary N) is 1. The Kier molecular flexibility index (Phi) is 5.81. The number of hydrogen-bond donors (Lipinski definition) is 2. The van der Waals surface area contributed by atoms with Gasteiger partial charge in [0.15, 0.2) is 0 Å². The van der Waals surface area contributed by atoms with E-state index in [0.717, 1.165) is 55.1 Å². The minimum absolute atomic E-state index is 0.207. The largest absolute Gasteiger partial charge is 0.497 e. The monoisotopic (exact) mass is 359 g/mol. The first kappa shape index (κ1) is 18.7. The van der Waals surface area contributed by atoms with Gasteiger partial charge in [-0.2, -0.15) is 0 Å². The van der Waals surface area contributed by atoms with E-state index in [1.54, 1.807) is 7.11 Å². The minimum Gasteiger partial charge on any atom is -0.497 e. The number of fused-ring (bicyclic) bond motifs is 1. The number of likely N-dealkylation sites (tertiary alicyclic amines) is 1. The Bertz CT molecular complexity index is 756. The van der Waals surface area contributed by atoms with E-state index in [9.17, 15) is 9.90 Å². The molecule has 6 heteroatoms. The van der Waals surface area contributed by atoms with Gasteiger partial charge in [0, 0.05) is 32.0 Å². The molecule has 6 nitrogen and oxygen atoms in total. The molecule has 26 heavy (non-hydrogen) atoms. The van der Waals surface area contributed by atoms with Crippen molar-refractivity contribution >= 4 is 17.0 Å². The SMILES string of the molecule is COc1ccc2nc(C[C@H]3CN(CC(C)C)CC[C@H]3CC(=O)O)[nH]c2c1. The second-order valence-electron chi connectivity index (χ2n) is 7.83. The molecule has 0 unspecified atom stereocenters. The van der Waals surface area contributed by atoms with Gasteiger partial charge >= 0.3 is 5.97 Å². The summed E-state index contributed by atoms with van der Waals surface area (Å²) in [6, 6.07) is 5.81. The second-order valence-corrected chi connectivity index (χ2v) is 7.83. The summed E-state index contributed by atoms with van der Waals surface area (Å²) in [6.07, 6.45) is 1.97. The highest BCUT2D eigenvalue weighted by atomic mass is 16.5. The number of carboxylic acid groups (broad SMARTS) is 1. The van der Waals surface area contributed by atoms with Gasteiger partial charge in [0.05, 0.1) is 18.1 Å². The molecular formula is C20H29N3O3. The lowest BCUT2D eigenvalue weighted by molar-refractivity contribution is -0.139. The minimum atomic E-state index is -0.702. The molecule has 142 valence electrons. The van der Waals surface area contributed by atoms with Gasteiger partial charge in [-0.1, -0.05) is 13.8 Å². The molecule has 2 N–H and O–H groups in total. The van der Waals surface area contributed by atoms with Crippen LogP contribution >= 0.6 is 0 Å². The number of methoxy groups -OCH3 is 1. The van der Waals surface area contributed by atoms with Crippen molar-refractivity contribution in [2.24, 2.45) is 17.8 Å². The van der Waals surface area contributed by atoms with Crippen LogP contribution in [0.25, 0.3) is 11.0 Å². The zero-order chi connectivity index (χ0) is 18.7. The van der Waals surface area contributed by atoms with E-state index in [1.165, 1.54) is 0 Å². The lowest BCUT2D eigenvalue weighted by Crippen LogP contribution is -2.43. The Morgan fingerprint density at radius 2 is 2.23 bits per heavy atom. The van der Waals surface area contributed by atoms with Crippen LogP contribution in [0.1, 0.15) is 32.5 Å². The number of hydrogen-bond acceptors (Lipinski definition) is 4. The van der Waals surface area contributed by atoms with Gasteiger partial charge in [0.25, 0.3) is 0 Å². The molecule has 2 heterocycles. The third-order valence-electron chi connectivity index (χ3n) is 5.23. The maximum absolute atomic E-state index is 11.3. The summed E-state index contributed by atoms with van der Waals surface area (Å²) < 4.78 is 5.27. The van der Waals surface area contributed by atoms with Gasteiger partial charge in [-0.25, -0.2) is 4.98 Å². The highest BCUT2D eigenvalue weighted by molar-refractivity contribution is 5.76. The van der Waals surface area contributed by atoms with E-state index in [4.69, 9.17) is 9.72 Å². The van der Waals surface area contributed by atoms with Crippen molar-refractivity contribution < 1.29 is 14.6 Å². The van der Waals surface area contributed by atoms with E-state index < -0.39 is 5.97 Å². The normalized spacial score (nSPS) is 21.4. The first-order valence-electron chi connectivity index (χ1n) is 9.41. The van der Waals surface area contributed by atoms with E-state index in [1.807, 2.05) is 18.2 Å². The van der Waals surface area contributed by atoms with Gasteiger partial charge in [0.2, 0.25) is 0 Å². The number of nitrogens with zero attached hydrogens (tertiary/aromatic N) is 2. The number of imidazole rings is 1. The number of piperidine rings is 1. The van der Waals surface area contributed by atoms with Crippen LogP contribution in [0, 0.1) is 17.8 Å². The average Bonchev–Trinajstić information content (AvgIpc) is 2.97. The lowest BCUT2D eigenvalue weighted by Gasteiger charge is -2.38. The number of benzene rings is 1. The maximum atomic E-state index is 11.3. The van der Waals surface area contributed by atoms with E-state index in [-0.39, 0.29) is 12.3 Å². The molecule has 0 amide bonds. The van der Waals surface area contributed by atoms with Gasteiger partial charge in [-0.3, -0.25) is 4.79 Å². The van der Waals surface area contributed by atoms with E-state index in [2.05, 4.69) is 23.7 Å². The number of ether oxygens (including phenoxy) is 1. The summed E-state index contributed by atoms with van der Waals surface area (Å²) in [6.45, 7) is 7.45. The third-order valence-corrected chi connectivity index (χ3v) is 5.23. The standard InChI is InChI=1S/C20H29N3O3/c1-13(2)11-23-7-6-14(9-20(24)25)15(12-23)8-19-21-17-5-4-16(26-3)10-18(17)22-19/h4-5,10,13-15H,6-9,11-12H2,1-3H3,(H,21,22)(H,24,25)/t14-,15-/m0/s1. The van der Waals surface area contributed by atoms with Crippen molar-refractivity contribution in [3.63, 3.8) is 0 Å². The number of carbonyl (C=O) groups is 1. The van der Waals surface area contributed by atoms with Crippen LogP contribution in [0.4, 0.5) is 0 Å². The number of aliphatic carboxylic acids is 1. The number of H-pyrrole nitrogens is 1. The zero-order valence-corrected chi connectivity index (χ0v) is 15.9. The Hall–Kier alpha value is -2.08. The van der Waals surface area contributed by atoms with Gasteiger partial charge in [0.1, 0.15) is 11.6 Å². The van der Waals surface area contributed by atoms with Crippen molar-refractivity contribution in [1.82, 2.24) is 14.9 Å². The molecular weight excluding hydrogens is 330 g/mol. The fourth-order valence-corrected chi connectivity index (χ4v) is 4.08. The highest BCUT2D eigenvalue weighted by Crippen LogP contribution is 2.30. The van der Waals surface area contributed by atoms with Crippen molar-refractivity contribution in [3.05, 3.63) is 24.0 Å². The Morgan fingerprint density at radius 3 is 2.92 bits per heavy atom. The quantitative estimate of drug-likeness (QED) is 0.794. The first-order valence-corrected chi connectivity index (χ1v) is 9.41. The average molecular weight is 359 g/mol. The molecule has 2 aromatic rings. The predicted octanol–water partition coefficient (Wildman–Crippen LogP) is 3.18. The molecule has 1 aliphatic rings. The summed E-state index contributed by atoms with van der Waals surface area (Å²) in [5.74, 6) is 2.16. The van der Waals surface area contributed by atoms with Crippen molar-refractivity contribution in [2.75, 3.05) is 26.7 Å². The number of rotatable bonds is 7. The first-order chi connectivity index (χ1) is 12.4. The Labute approximate surface area is 154 Å². The fourth-order valence-electron chi connectivity index (χ4n) is 4.08. The molecule has 3 rings (SSSR count). The zero-order valence-electron chi connectivity index (χ0n) is 15.9. The molecule has 0 bridgehead atoms. The van der Waals surface area contributed by atoms with Crippen LogP contribution in [-0.4, -0.2) is 52.7 Å². The molecule has 0 saturated carbocycles. The van der Waals surface area contributed by atoms with Crippen LogP contribution in [-0.2, 0) is 11.2 Å². The van der Waals surface area contributed by atoms with Crippen LogP contribution in [0.15, 0.2) is 18.2 Å². The van der Waals surface area contributed by atoms with Crippen LogP contribution in [0.3, 0.4) is 0 Å². The number of aromatic nitrogens is 2. The number of aromatic amines is 1. The fraction of sp³-hybridized carbons (Fsp3) is 0.600. The van der Waals surface area contributed by atoms with Crippen LogP contribution < -0.4 is 4.74 Å². The summed E-state index contributed by atoms with van der Waals surface area (Å²) in [7, 11) is 1.65. The lowest BCUT2D eigenvalue weighted by atomic mass is 9.81. The molecule has 2 atom stereocenters. The van der Waals surface area contributed by atoms with Crippen molar-refractivity contribution in [1.29, 1.82) is 0 Å². The van der Waals surface area contributed by atoms with Gasteiger partial charge in [-0.15, -0.1) is 0 Å². The van der Waals surface area contributed by atoms with Gasteiger partial charge < -0.3 is 19.7 Å². The molecule has 1 fully saturated rings. The molecule has 1 aromatic carbocycles. The molecule has 1 aromatic heterocycles. The molecule has 1 saturated heterocycles. The Balaban J connectivity index is 1.77. The van der Waals surface area contributed by atoms with E-state index in [0.29, 0.717) is 11.8 Å². The van der Waals surface area contributed by atoms with Crippen molar-refractivity contribution in [2.45, 2.75) is 33.1 Å². The third kappa shape index (κ3) is 4.55. The van der Waals surface area contributed by atoms with Crippen LogP contribution in [0.2, 0.25) is 0 Å². The molecule has 1 aliphatic heterocycles. The van der Waals surface area contributed by atoms with Gasteiger partial charge in [-0.05, 0) is 42.9 Å². The highest BCUT2D eigenvalue weighted by Gasteiger charge is 2.31. The maximum Gasteiger partial charge on any atom is 0.303 e. The summed E-state index contributed by atoms with van der Waals surface area (Å²) in [5, 5.41) is 9.28. The smallest absolute Gasteiger partial charge is 0.303 e. The number of carboxylic acids is 1. The predicted molar refractivity (Wildman–Crippen MR) is 101 cm³/mol. The summed E-state index contributed by atoms with van der Waals surface area (Å²) in [5.41, 5.74) is 1.88. The van der Waals surface area contributed by atoms with Crippen molar-refractivity contribution in [3.8, 4) is 5.75 Å². The van der Waals surface area contributed by atoms with Crippen LogP contribution in [0.5, 0.6) is 5.75 Å². The molecule has 0 spiro atoms. The topological polar surface area (TPSA) is 78.4 Å². The molecule has 0 radical (unpaired) electrons. The second kappa shape index (κ2) is 8.08. The Morgan fingerprint density at radius 1 is 1.42 bits per heavy atom. The van der Waals surface area contributed by atoms with E-state index >= 15 is 0 Å². The molecule has 0 aliphatic carbocycles. The summed E-state index contributed by atoms with van der Waals surface area (Å²) >= 11 is 0. The summed E-state index contributed by atoms with van der Waals surface area (Å²) in [4.78, 5) is 21.9.